The lowest BCUT2D eigenvalue weighted by Crippen LogP contribution is -2.40. The van der Waals surface area contributed by atoms with Crippen molar-refractivity contribution < 1.29 is 27.1 Å². The predicted molar refractivity (Wildman–Crippen MR) is 119 cm³/mol. The molecule has 11 nitrogen and oxygen atoms in total. The Morgan fingerprint density at radius 3 is 2.65 bits per heavy atom. The van der Waals surface area contributed by atoms with Gasteiger partial charge in [-0.1, -0.05) is 6.07 Å². The number of carbonyl (C=O) groups is 1. The summed E-state index contributed by atoms with van der Waals surface area (Å²) in [6, 6.07) is 8.61. The van der Waals surface area contributed by atoms with E-state index in [4.69, 9.17) is 9.47 Å². The molecule has 2 heterocycles. The fourth-order valence-electron chi connectivity index (χ4n) is 3.56. The predicted octanol–water partition coefficient (Wildman–Crippen LogP) is 1.32. The molecule has 0 atom stereocenters. The SMILES string of the molecule is COc1ccc(CC(=O)Nc2ccc(F)c(-n3nnnc3C)c2)cc1S(=O)(=O)N1CCOCC1. The minimum Gasteiger partial charge on any atom is -0.495 e. The molecule has 13 heteroatoms. The van der Waals surface area contributed by atoms with Crippen molar-refractivity contribution in [3.8, 4) is 11.4 Å². The van der Waals surface area contributed by atoms with Crippen molar-refractivity contribution in [3.05, 3.63) is 53.6 Å². The second-order valence-corrected chi connectivity index (χ2v) is 9.44. The van der Waals surface area contributed by atoms with Crippen LogP contribution in [0.15, 0.2) is 41.3 Å². The Morgan fingerprint density at radius 2 is 1.97 bits per heavy atom. The molecule has 2 aromatic carbocycles. The number of rotatable bonds is 7. The quantitative estimate of drug-likeness (QED) is 0.525. The molecule has 1 aromatic heterocycles. The largest absolute Gasteiger partial charge is 0.495 e. The van der Waals surface area contributed by atoms with Gasteiger partial charge in [-0.25, -0.2) is 12.8 Å². The Bertz CT molecular complexity index is 1310. The van der Waals surface area contributed by atoms with Gasteiger partial charge >= 0.3 is 0 Å². The molecule has 3 aromatic rings. The monoisotopic (exact) mass is 490 g/mol. The van der Waals surface area contributed by atoms with Crippen molar-refractivity contribution in [1.29, 1.82) is 0 Å². The number of sulfonamides is 1. The summed E-state index contributed by atoms with van der Waals surface area (Å²) in [6.45, 7) is 2.73. The third-order valence-electron chi connectivity index (χ3n) is 5.26. The van der Waals surface area contributed by atoms with Crippen molar-refractivity contribution in [2.75, 3.05) is 38.7 Å². The molecule has 4 rings (SSSR count). The van der Waals surface area contributed by atoms with Gasteiger partial charge in [-0.2, -0.15) is 8.99 Å². The molecule has 34 heavy (non-hydrogen) atoms. The number of aromatic nitrogens is 4. The number of benzene rings is 2. The minimum atomic E-state index is -3.83. The number of anilines is 1. The second-order valence-electron chi connectivity index (χ2n) is 7.53. The van der Waals surface area contributed by atoms with Crippen LogP contribution in [-0.4, -0.2) is 72.3 Å². The van der Waals surface area contributed by atoms with E-state index in [0.29, 0.717) is 30.3 Å². The Balaban J connectivity index is 1.54. The number of tetrazole rings is 1. The number of methoxy groups -OCH3 is 1. The first-order valence-electron chi connectivity index (χ1n) is 10.4. The van der Waals surface area contributed by atoms with E-state index in [9.17, 15) is 17.6 Å². The molecule has 1 aliphatic heterocycles. The number of ether oxygens (including phenoxy) is 2. The number of carbonyl (C=O) groups excluding carboxylic acids is 1. The van der Waals surface area contributed by atoms with E-state index in [1.165, 1.54) is 46.4 Å². The van der Waals surface area contributed by atoms with Gasteiger partial charge in [0.15, 0.2) is 5.82 Å². The van der Waals surface area contributed by atoms with Crippen LogP contribution in [-0.2, 0) is 26.0 Å². The molecule has 0 spiro atoms. The summed E-state index contributed by atoms with van der Waals surface area (Å²) in [6.07, 6.45) is -0.105. The maximum Gasteiger partial charge on any atom is 0.246 e. The van der Waals surface area contributed by atoms with Crippen LogP contribution >= 0.6 is 0 Å². The van der Waals surface area contributed by atoms with E-state index in [-0.39, 0.29) is 35.8 Å². The van der Waals surface area contributed by atoms with Crippen LogP contribution in [0.1, 0.15) is 11.4 Å². The Morgan fingerprint density at radius 1 is 1.21 bits per heavy atom. The smallest absolute Gasteiger partial charge is 0.246 e. The van der Waals surface area contributed by atoms with E-state index in [1.54, 1.807) is 13.0 Å². The molecule has 0 aliphatic carbocycles. The average Bonchev–Trinajstić information content (AvgIpc) is 3.26. The lowest BCUT2D eigenvalue weighted by atomic mass is 10.1. The molecular formula is C21H23FN6O5S. The van der Waals surface area contributed by atoms with Gasteiger partial charge in [0.25, 0.3) is 0 Å². The zero-order valence-electron chi connectivity index (χ0n) is 18.6. The summed E-state index contributed by atoms with van der Waals surface area (Å²) in [5.41, 5.74) is 0.901. The number of nitrogens with zero attached hydrogens (tertiary/aromatic N) is 5. The van der Waals surface area contributed by atoms with Crippen LogP contribution in [0.25, 0.3) is 5.69 Å². The van der Waals surface area contributed by atoms with Gasteiger partial charge in [0.1, 0.15) is 22.1 Å². The summed E-state index contributed by atoms with van der Waals surface area (Å²) >= 11 is 0. The van der Waals surface area contributed by atoms with Crippen LogP contribution in [0, 0.1) is 12.7 Å². The molecule has 0 saturated carbocycles. The fourth-order valence-corrected chi connectivity index (χ4v) is 5.17. The fraction of sp³-hybridized carbons (Fsp3) is 0.333. The Kier molecular flexibility index (Phi) is 6.86. The Hall–Kier alpha value is -3.42. The van der Waals surface area contributed by atoms with Crippen LogP contribution in [0.3, 0.4) is 0 Å². The minimum absolute atomic E-state index is 0.0135. The molecule has 180 valence electrons. The molecule has 1 saturated heterocycles. The lowest BCUT2D eigenvalue weighted by Gasteiger charge is -2.26. The Labute approximate surface area is 195 Å². The summed E-state index contributed by atoms with van der Waals surface area (Å²) < 4.78 is 53.6. The van der Waals surface area contributed by atoms with Gasteiger partial charge in [0.05, 0.1) is 26.7 Å². The maximum atomic E-state index is 14.3. The van der Waals surface area contributed by atoms with Crippen LogP contribution in [0.4, 0.5) is 10.1 Å². The van der Waals surface area contributed by atoms with E-state index in [2.05, 4.69) is 20.8 Å². The van der Waals surface area contributed by atoms with Crippen molar-refractivity contribution >= 4 is 21.6 Å². The van der Waals surface area contributed by atoms with Gasteiger partial charge in [-0.3, -0.25) is 4.79 Å². The molecular weight excluding hydrogens is 467 g/mol. The number of halogens is 1. The maximum absolute atomic E-state index is 14.3. The number of hydrogen-bond acceptors (Lipinski definition) is 8. The lowest BCUT2D eigenvalue weighted by molar-refractivity contribution is -0.115. The molecule has 1 fully saturated rings. The van der Waals surface area contributed by atoms with Gasteiger partial charge in [-0.05, 0) is 53.2 Å². The van der Waals surface area contributed by atoms with Gasteiger partial charge < -0.3 is 14.8 Å². The highest BCUT2D eigenvalue weighted by Crippen LogP contribution is 2.29. The van der Waals surface area contributed by atoms with Gasteiger partial charge in [0, 0.05) is 18.8 Å². The first-order valence-corrected chi connectivity index (χ1v) is 11.8. The number of hydrogen-bond donors (Lipinski definition) is 1. The molecule has 0 bridgehead atoms. The standard InChI is InChI=1S/C21H23FN6O5S/c1-14-24-25-26-28(14)18-13-16(4-5-17(18)22)23-21(29)12-15-3-6-19(32-2)20(11-15)34(30,31)27-7-9-33-10-8-27/h3-6,11,13H,7-10,12H2,1-2H3,(H,23,29). The van der Waals surface area contributed by atoms with Crippen LogP contribution < -0.4 is 10.1 Å². The van der Waals surface area contributed by atoms with Crippen molar-refractivity contribution in [2.45, 2.75) is 18.2 Å². The van der Waals surface area contributed by atoms with Crippen LogP contribution in [0.5, 0.6) is 5.75 Å². The highest BCUT2D eigenvalue weighted by molar-refractivity contribution is 7.89. The average molecular weight is 491 g/mol. The van der Waals surface area contributed by atoms with Crippen LogP contribution in [0.2, 0.25) is 0 Å². The highest BCUT2D eigenvalue weighted by Gasteiger charge is 2.29. The van der Waals surface area contributed by atoms with E-state index in [1.807, 2.05) is 0 Å². The molecule has 1 N–H and O–H groups in total. The summed E-state index contributed by atoms with van der Waals surface area (Å²) in [4.78, 5) is 12.7. The zero-order chi connectivity index (χ0) is 24.3. The second kappa shape index (κ2) is 9.83. The van der Waals surface area contributed by atoms with Gasteiger partial charge in [-0.15, -0.1) is 5.10 Å². The molecule has 0 radical (unpaired) electrons. The number of amides is 1. The van der Waals surface area contributed by atoms with Crippen molar-refractivity contribution in [1.82, 2.24) is 24.5 Å². The summed E-state index contributed by atoms with van der Waals surface area (Å²) in [5, 5.41) is 13.7. The highest BCUT2D eigenvalue weighted by atomic mass is 32.2. The zero-order valence-corrected chi connectivity index (χ0v) is 19.4. The van der Waals surface area contributed by atoms with Gasteiger partial charge in [0.2, 0.25) is 15.9 Å². The molecule has 1 amide bonds. The van der Waals surface area contributed by atoms with Crippen molar-refractivity contribution in [2.24, 2.45) is 0 Å². The number of morpholine rings is 1. The third kappa shape index (κ3) is 4.90. The topological polar surface area (TPSA) is 129 Å². The number of aryl methyl sites for hydroxylation is 1. The van der Waals surface area contributed by atoms with E-state index in [0.717, 1.165) is 0 Å². The third-order valence-corrected chi connectivity index (χ3v) is 7.18. The van der Waals surface area contributed by atoms with Crippen molar-refractivity contribution in [3.63, 3.8) is 0 Å². The first-order chi connectivity index (χ1) is 16.3. The number of nitrogens with one attached hydrogen (secondary N) is 1. The van der Waals surface area contributed by atoms with E-state index >= 15 is 0 Å². The van der Waals surface area contributed by atoms with E-state index < -0.39 is 21.7 Å². The molecule has 0 unspecified atom stereocenters. The molecule has 1 aliphatic rings. The summed E-state index contributed by atoms with van der Waals surface area (Å²) in [7, 11) is -2.44. The summed E-state index contributed by atoms with van der Waals surface area (Å²) in [5.74, 6) is -0.391. The first kappa shape index (κ1) is 23.7. The normalized spacial score (nSPS) is 14.7.